The Morgan fingerprint density at radius 2 is 1.95 bits per heavy atom. The number of carbonyl (C=O) groups is 2. The zero-order valence-electron chi connectivity index (χ0n) is 11.0. The van der Waals surface area contributed by atoms with Crippen LogP contribution in [0.3, 0.4) is 0 Å². The topological polar surface area (TPSA) is 60.9 Å². The van der Waals surface area contributed by atoms with E-state index in [-0.39, 0.29) is 25.5 Å². The van der Waals surface area contributed by atoms with Crippen LogP contribution < -0.4 is 0 Å². The molecule has 0 aromatic heterocycles. The summed E-state index contributed by atoms with van der Waals surface area (Å²) in [6.45, 7) is 1.71. The quantitative estimate of drug-likeness (QED) is 0.885. The van der Waals surface area contributed by atoms with Crippen molar-refractivity contribution in [3.8, 4) is 0 Å². The van der Waals surface area contributed by atoms with Crippen LogP contribution in [0, 0.1) is 5.82 Å². The number of amides is 2. The molecule has 0 bridgehead atoms. The number of halogens is 1. The van der Waals surface area contributed by atoms with Gasteiger partial charge in [0.25, 0.3) is 0 Å². The average molecular weight is 268 g/mol. The van der Waals surface area contributed by atoms with Crippen molar-refractivity contribution in [3.05, 3.63) is 35.6 Å². The van der Waals surface area contributed by atoms with Crippen molar-refractivity contribution < 1.29 is 19.1 Å². The van der Waals surface area contributed by atoms with Gasteiger partial charge in [-0.2, -0.15) is 0 Å². The number of carbonyl (C=O) groups excluding carboxylic acids is 1. The molecule has 19 heavy (non-hydrogen) atoms. The molecule has 0 aliphatic rings. The number of carboxylic acid groups (broad SMARTS) is 1. The minimum Gasteiger partial charge on any atom is -0.480 e. The molecule has 1 aromatic carbocycles. The van der Waals surface area contributed by atoms with Gasteiger partial charge in [-0.05, 0) is 13.0 Å². The van der Waals surface area contributed by atoms with E-state index in [4.69, 9.17) is 5.11 Å². The summed E-state index contributed by atoms with van der Waals surface area (Å²) in [5.41, 5.74) is 0.393. The van der Waals surface area contributed by atoms with Crippen LogP contribution >= 0.6 is 0 Å². The molecule has 0 fully saturated rings. The second kappa shape index (κ2) is 6.72. The van der Waals surface area contributed by atoms with E-state index in [1.54, 1.807) is 25.1 Å². The Morgan fingerprint density at radius 1 is 1.32 bits per heavy atom. The molecule has 1 aromatic rings. The molecule has 6 heteroatoms. The van der Waals surface area contributed by atoms with Crippen molar-refractivity contribution >= 4 is 12.0 Å². The van der Waals surface area contributed by atoms with Crippen molar-refractivity contribution in [2.45, 2.75) is 13.5 Å². The van der Waals surface area contributed by atoms with E-state index in [2.05, 4.69) is 0 Å². The monoisotopic (exact) mass is 268 g/mol. The first-order chi connectivity index (χ1) is 8.95. The highest BCUT2D eigenvalue weighted by atomic mass is 19.1. The highest BCUT2D eigenvalue weighted by Gasteiger charge is 2.19. The average Bonchev–Trinajstić information content (AvgIpc) is 2.37. The standard InChI is InChI=1S/C13H17FN2O3/c1-3-16(9-12(17)18)13(19)15(2)8-10-6-4-5-7-11(10)14/h4-7H,3,8-9H2,1-2H3,(H,17,18). The summed E-state index contributed by atoms with van der Waals surface area (Å²) in [5.74, 6) is -1.46. The van der Waals surface area contributed by atoms with Crippen molar-refractivity contribution in [1.29, 1.82) is 0 Å². The van der Waals surface area contributed by atoms with Crippen LogP contribution in [-0.4, -0.2) is 47.0 Å². The first kappa shape index (κ1) is 14.9. The van der Waals surface area contributed by atoms with Crippen LogP contribution in [-0.2, 0) is 11.3 Å². The van der Waals surface area contributed by atoms with Crippen molar-refractivity contribution in [1.82, 2.24) is 9.80 Å². The maximum Gasteiger partial charge on any atom is 0.323 e. The van der Waals surface area contributed by atoms with Crippen LogP contribution in [0.25, 0.3) is 0 Å². The molecular formula is C13H17FN2O3. The second-order valence-electron chi connectivity index (χ2n) is 4.14. The van der Waals surface area contributed by atoms with E-state index in [0.29, 0.717) is 5.56 Å². The van der Waals surface area contributed by atoms with E-state index in [1.807, 2.05) is 0 Å². The van der Waals surface area contributed by atoms with E-state index in [1.165, 1.54) is 22.9 Å². The largest absolute Gasteiger partial charge is 0.480 e. The number of benzene rings is 1. The van der Waals surface area contributed by atoms with E-state index >= 15 is 0 Å². The molecule has 104 valence electrons. The van der Waals surface area contributed by atoms with Gasteiger partial charge < -0.3 is 14.9 Å². The van der Waals surface area contributed by atoms with Gasteiger partial charge in [-0.15, -0.1) is 0 Å². The van der Waals surface area contributed by atoms with E-state index in [9.17, 15) is 14.0 Å². The summed E-state index contributed by atoms with van der Waals surface area (Å²) in [5, 5.41) is 8.71. The van der Waals surface area contributed by atoms with Gasteiger partial charge in [0.15, 0.2) is 0 Å². The first-order valence-electron chi connectivity index (χ1n) is 5.91. The number of nitrogens with zero attached hydrogens (tertiary/aromatic N) is 2. The molecule has 0 spiro atoms. The van der Waals surface area contributed by atoms with Gasteiger partial charge in [0, 0.05) is 25.7 Å². The lowest BCUT2D eigenvalue weighted by atomic mass is 10.2. The molecule has 1 rings (SSSR count). The van der Waals surface area contributed by atoms with Crippen LogP contribution in [0.1, 0.15) is 12.5 Å². The predicted molar refractivity (Wildman–Crippen MR) is 68.1 cm³/mol. The lowest BCUT2D eigenvalue weighted by molar-refractivity contribution is -0.137. The second-order valence-corrected chi connectivity index (χ2v) is 4.14. The van der Waals surface area contributed by atoms with Crippen LogP contribution in [0.5, 0.6) is 0 Å². The number of urea groups is 1. The molecular weight excluding hydrogens is 251 g/mol. The molecule has 0 aliphatic carbocycles. The molecule has 0 saturated heterocycles. The van der Waals surface area contributed by atoms with Gasteiger partial charge in [0.2, 0.25) is 0 Å². The molecule has 2 amide bonds. The van der Waals surface area contributed by atoms with Gasteiger partial charge >= 0.3 is 12.0 Å². The van der Waals surface area contributed by atoms with Gasteiger partial charge in [-0.25, -0.2) is 9.18 Å². The third-order valence-corrected chi connectivity index (χ3v) is 2.67. The number of hydrogen-bond acceptors (Lipinski definition) is 2. The Hall–Kier alpha value is -2.11. The molecule has 1 N–H and O–H groups in total. The van der Waals surface area contributed by atoms with E-state index < -0.39 is 12.0 Å². The summed E-state index contributed by atoms with van der Waals surface area (Å²) in [6.07, 6.45) is 0. The van der Waals surface area contributed by atoms with Crippen LogP contribution in [0.4, 0.5) is 9.18 Å². The fraction of sp³-hybridized carbons (Fsp3) is 0.385. The molecule has 0 aliphatic heterocycles. The Labute approximate surface area is 111 Å². The number of hydrogen-bond donors (Lipinski definition) is 1. The Kier molecular flexibility index (Phi) is 5.29. The van der Waals surface area contributed by atoms with Gasteiger partial charge in [-0.1, -0.05) is 18.2 Å². The van der Waals surface area contributed by atoms with Gasteiger partial charge in [0.1, 0.15) is 12.4 Å². The Balaban J connectivity index is 2.71. The van der Waals surface area contributed by atoms with Crippen LogP contribution in [0.2, 0.25) is 0 Å². The molecule has 0 radical (unpaired) electrons. The van der Waals surface area contributed by atoms with Crippen molar-refractivity contribution in [2.75, 3.05) is 20.1 Å². The van der Waals surface area contributed by atoms with Gasteiger partial charge in [-0.3, -0.25) is 4.79 Å². The maximum absolute atomic E-state index is 13.5. The maximum atomic E-state index is 13.5. The summed E-state index contributed by atoms with van der Waals surface area (Å²) in [6, 6.07) is 5.73. The molecule has 0 heterocycles. The van der Waals surface area contributed by atoms with Gasteiger partial charge in [0.05, 0.1) is 0 Å². The Morgan fingerprint density at radius 3 is 2.47 bits per heavy atom. The number of likely N-dealkylation sites (N-methyl/N-ethyl adjacent to an activating group) is 1. The Bertz CT molecular complexity index is 465. The normalized spacial score (nSPS) is 10.1. The minimum absolute atomic E-state index is 0.0988. The van der Waals surface area contributed by atoms with Crippen LogP contribution in [0.15, 0.2) is 24.3 Å². The lowest BCUT2D eigenvalue weighted by Gasteiger charge is -2.26. The molecule has 0 saturated carbocycles. The fourth-order valence-corrected chi connectivity index (χ4v) is 1.67. The van der Waals surface area contributed by atoms with Crippen molar-refractivity contribution in [3.63, 3.8) is 0 Å². The number of carboxylic acids is 1. The predicted octanol–water partition coefficient (Wildman–Crippen LogP) is 1.78. The highest BCUT2D eigenvalue weighted by Crippen LogP contribution is 2.10. The molecule has 0 unspecified atom stereocenters. The summed E-state index contributed by atoms with van der Waals surface area (Å²) < 4.78 is 13.5. The smallest absolute Gasteiger partial charge is 0.323 e. The third kappa shape index (κ3) is 4.24. The zero-order valence-corrected chi connectivity index (χ0v) is 11.0. The number of rotatable bonds is 5. The molecule has 5 nitrogen and oxygen atoms in total. The van der Waals surface area contributed by atoms with E-state index in [0.717, 1.165) is 0 Å². The van der Waals surface area contributed by atoms with Crippen molar-refractivity contribution in [2.24, 2.45) is 0 Å². The molecule has 0 atom stereocenters. The highest BCUT2D eigenvalue weighted by molar-refractivity contribution is 5.80. The minimum atomic E-state index is -1.07. The fourth-order valence-electron chi connectivity index (χ4n) is 1.67. The number of aliphatic carboxylic acids is 1. The summed E-state index contributed by atoms with van der Waals surface area (Å²) in [7, 11) is 1.51. The SMILES string of the molecule is CCN(CC(=O)O)C(=O)N(C)Cc1ccccc1F. The summed E-state index contributed by atoms with van der Waals surface area (Å²) >= 11 is 0. The first-order valence-corrected chi connectivity index (χ1v) is 5.91. The summed E-state index contributed by atoms with van der Waals surface area (Å²) in [4.78, 5) is 25.1. The zero-order chi connectivity index (χ0) is 14.4. The lowest BCUT2D eigenvalue weighted by Crippen LogP contribution is -2.43. The third-order valence-electron chi connectivity index (χ3n) is 2.67.